The first-order valence-electron chi connectivity index (χ1n) is 8.43. The summed E-state index contributed by atoms with van der Waals surface area (Å²) >= 11 is 0. The molecule has 1 fully saturated rings. The van der Waals surface area contributed by atoms with Crippen molar-refractivity contribution in [2.45, 2.75) is 39.5 Å². The molecule has 3 rings (SSSR count). The molecule has 22 heavy (non-hydrogen) atoms. The van der Waals surface area contributed by atoms with Crippen molar-refractivity contribution in [1.82, 2.24) is 4.57 Å². The van der Waals surface area contributed by atoms with Gasteiger partial charge in [0, 0.05) is 31.9 Å². The highest BCUT2D eigenvalue weighted by Crippen LogP contribution is 2.28. The van der Waals surface area contributed by atoms with E-state index in [1.54, 1.807) is 11.6 Å². The zero-order chi connectivity index (χ0) is 15.7. The molecule has 4 heteroatoms. The standard InChI is InChI=1S/C18H26N2O2/c1-4-14-7-5-6-13(2)11-20(12-14)15-8-9-16-17(10-15)22-18(21)19(16)3/h8-10,13-14H,4-7,11-12H2,1-3H3. The van der Waals surface area contributed by atoms with Crippen molar-refractivity contribution in [2.75, 3.05) is 18.0 Å². The second-order valence-electron chi connectivity index (χ2n) is 6.79. The Balaban J connectivity index is 1.93. The summed E-state index contributed by atoms with van der Waals surface area (Å²) in [6.07, 6.45) is 5.20. The molecule has 2 atom stereocenters. The molecule has 0 bridgehead atoms. The van der Waals surface area contributed by atoms with Gasteiger partial charge in [-0.3, -0.25) is 4.57 Å². The summed E-state index contributed by atoms with van der Waals surface area (Å²) in [5.74, 6) is 1.17. The van der Waals surface area contributed by atoms with Gasteiger partial charge in [0.25, 0.3) is 0 Å². The van der Waals surface area contributed by atoms with Crippen LogP contribution in [-0.2, 0) is 7.05 Å². The molecule has 0 N–H and O–H groups in total. The molecular weight excluding hydrogens is 276 g/mol. The zero-order valence-corrected chi connectivity index (χ0v) is 13.8. The van der Waals surface area contributed by atoms with Gasteiger partial charge in [-0.15, -0.1) is 0 Å². The van der Waals surface area contributed by atoms with Crippen LogP contribution in [0.5, 0.6) is 0 Å². The van der Waals surface area contributed by atoms with Gasteiger partial charge in [0.1, 0.15) is 0 Å². The second kappa shape index (κ2) is 6.19. The molecule has 1 aromatic carbocycles. The predicted octanol–water partition coefficient (Wildman–Crippen LogP) is 3.78. The number of fused-ring (bicyclic) bond motifs is 1. The zero-order valence-electron chi connectivity index (χ0n) is 13.8. The normalized spacial score (nSPS) is 23.5. The van der Waals surface area contributed by atoms with E-state index in [0.29, 0.717) is 11.5 Å². The Bertz CT molecular complexity index is 701. The van der Waals surface area contributed by atoms with E-state index in [0.717, 1.165) is 24.5 Å². The van der Waals surface area contributed by atoms with Crippen molar-refractivity contribution < 1.29 is 4.42 Å². The van der Waals surface area contributed by atoms with Crippen LogP contribution < -0.4 is 10.7 Å². The molecule has 0 spiro atoms. The van der Waals surface area contributed by atoms with E-state index in [1.807, 2.05) is 12.1 Å². The number of anilines is 1. The van der Waals surface area contributed by atoms with Crippen LogP contribution in [0, 0.1) is 11.8 Å². The summed E-state index contributed by atoms with van der Waals surface area (Å²) in [6, 6.07) is 6.15. The maximum Gasteiger partial charge on any atom is 0.419 e. The van der Waals surface area contributed by atoms with Gasteiger partial charge >= 0.3 is 5.76 Å². The summed E-state index contributed by atoms with van der Waals surface area (Å²) < 4.78 is 6.91. The van der Waals surface area contributed by atoms with E-state index >= 15 is 0 Å². The van der Waals surface area contributed by atoms with Crippen LogP contribution >= 0.6 is 0 Å². The minimum Gasteiger partial charge on any atom is -0.408 e. The predicted molar refractivity (Wildman–Crippen MR) is 90.5 cm³/mol. The smallest absolute Gasteiger partial charge is 0.408 e. The summed E-state index contributed by atoms with van der Waals surface area (Å²) in [5.41, 5.74) is 2.72. The highest BCUT2D eigenvalue weighted by atomic mass is 16.4. The SMILES string of the molecule is CCC1CCCC(C)CN(c2ccc3c(c2)oc(=O)n3C)C1. The lowest BCUT2D eigenvalue weighted by Crippen LogP contribution is -2.35. The number of hydrogen-bond acceptors (Lipinski definition) is 3. The van der Waals surface area contributed by atoms with Gasteiger partial charge in [0.15, 0.2) is 5.58 Å². The quantitative estimate of drug-likeness (QED) is 0.847. The molecule has 0 radical (unpaired) electrons. The second-order valence-corrected chi connectivity index (χ2v) is 6.79. The van der Waals surface area contributed by atoms with Crippen molar-refractivity contribution in [1.29, 1.82) is 0 Å². The highest BCUT2D eigenvalue weighted by molar-refractivity contribution is 5.77. The molecule has 0 aliphatic carbocycles. The van der Waals surface area contributed by atoms with Crippen LogP contribution in [0.1, 0.15) is 39.5 Å². The Kier molecular flexibility index (Phi) is 4.27. The van der Waals surface area contributed by atoms with E-state index in [2.05, 4.69) is 24.8 Å². The van der Waals surface area contributed by atoms with Crippen LogP contribution in [-0.4, -0.2) is 17.7 Å². The van der Waals surface area contributed by atoms with Crippen molar-refractivity contribution >= 4 is 16.8 Å². The molecule has 1 aromatic heterocycles. The van der Waals surface area contributed by atoms with Crippen LogP contribution in [0.25, 0.3) is 11.1 Å². The number of aryl methyl sites for hydroxylation is 1. The average molecular weight is 302 g/mol. The van der Waals surface area contributed by atoms with Crippen molar-refractivity contribution in [3.8, 4) is 0 Å². The van der Waals surface area contributed by atoms with Gasteiger partial charge in [-0.25, -0.2) is 4.79 Å². The van der Waals surface area contributed by atoms with Gasteiger partial charge in [0.05, 0.1) is 5.52 Å². The van der Waals surface area contributed by atoms with Gasteiger partial charge in [-0.2, -0.15) is 0 Å². The van der Waals surface area contributed by atoms with Gasteiger partial charge in [-0.1, -0.05) is 26.7 Å². The number of benzene rings is 1. The molecule has 2 heterocycles. The van der Waals surface area contributed by atoms with Crippen molar-refractivity contribution in [2.24, 2.45) is 18.9 Å². The summed E-state index contributed by atoms with van der Waals surface area (Å²) in [4.78, 5) is 14.1. The molecule has 4 nitrogen and oxygen atoms in total. The van der Waals surface area contributed by atoms with E-state index < -0.39 is 0 Å². The van der Waals surface area contributed by atoms with Gasteiger partial charge in [0.2, 0.25) is 0 Å². The van der Waals surface area contributed by atoms with E-state index in [4.69, 9.17) is 4.42 Å². The molecule has 0 saturated carbocycles. The number of nitrogens with zero attached hydrogens (tertiary/aromatic N) is 2. The molecule has 1 aliphatic rings. The Morgan fingerprint density at radius 3 is 2.86 bits per heavy atom. The minimum atomic E-state index is -0.292. The molecule has 1 aliphatic heterocycles. The monoisotopic (exact) mass is 302 g/mol. The molecular formula is C18H26N2O2. The molecule has 2 aromatic rings. The minimum absolute atomic E-state index is 0.292. The maximum absolute atomic E-state index is 11.7. The van der Waals surface area contributed by atoms with Crippen LogP contribution in [0.15, 0.2) is 27.4 Å². The van der Waals surface area contributed by atoms with Crippen LogP contribution in [0.3, 0.4) is 0 Å². The first kappa shape index (κ1) is 15.2. The van der Waals surface area contributed by atoms with Crippen LogP contribution in [0.4, 0.5) is 5.69 Å². The van der Waals surface area contributed by atoms with Crippen molar-refractivity contribution in [3.05, 3.63) is 28.7 Å². The number of aromatic nitrogens is 1. The number of hydrogen-bond donors (Lipinski definition) is 0. The maximum atomic E-state index is 11.7. The van der Waals surface area contributed by atoms with Crippen molar-refractivity contribution in [3.63, 3.8) is 0 Å². The topological polar surface area (TPSA) is 38.4 Å². The van der Waals surface area contributed by atoms with E-state index in [9.17, 15) is 4.79 Å². The average Bonchev–Trinajstić information content (AvgIpc) is 2.77. The van der Waals surface area contributed by atoms with E-state index in [-0.39, 0.29) is 5.76 Å². The number of oxazole rings is 1. The molecule has 1 saturated heterocycles. The Labute approximate surface area is 131 Å². The lowest BCUT2D eigenvalue weighted by atomic mass is 9.91. The Morgan fingerprint density at radius 2 is 2.09 bits per heavy atom. The largest absolute Gasteiger partial charge is 0.419 e. The van der Waals surface area contributed by atoms with Gasteiger partial charge in [-0.05, 0) is 36.8 Å². The summed E-state index contributed by atoms with van der Waals surface area (Å²) in [5, 5.41) is 0. The summed E-state index contributed by atoms with van der Waals surface area (Å²) in [7, 11) is 1.75. The molecule has 0 amide bonds. The third-order valence-electron chi connectivity index (χ3n) is 5.04. The third kappa shape index (κ3) is 2.92. The number of rotatable bonds is 2. The first-order valence-corrected chi connectivity index (χ1v) is 8.43. The van der Waals surface area contributed by atoms with E-state index in [1.165, 1.54) is 31.4 Å². The fourth-order valence-electron chi connectivity index (χ4n) is 3.56. The fourth-order valence-corrected chi connectivity index (χ4v) is 3.56. The Morgan fingerprint density at radius 1 is 1.27 bits per heavy atom. The molecule has 2 unspecified atom stereocenters. The first-order chi connectivity index (χ1) is 10.6. The third-order valence-corrected chi connectivity index (χ3v) is 5.04. The lowest BCUT2D eigenvalue weighted by Gasteiger charge is -2.34. The van der Waals surface area contributed by atoms with Gasteiger partial charge < -0.3 is 9.32 Å². The molecule has 120 valence electrons. The summed E-state index contributed by atoms with van der Waals surface area (Å²) in [6.45, 7) is 6.80. The lowest BCUT2D eigenvalue weighted by molar-refractivity contribution is 0.369. The fraction of sp³-hybridized carbons (Fsp3) is 0.611. The highest BCUT2D eigenvalue weighted by Gasteiger charge is 2.20. The Hall–Kier alpha value is -1.71. The van der Waals surface area contributed by atoms with Crippen LogP contribution in [0.2, 0.25) is 0 Å².